The Bertz CT molecular complexity index is 1000. The van der Waals surface area contributed by atoms with Gasteiger partial charge in [0.1, 0.15) is 0 Å². The number of guanidine groups is 1. The summed E-state index contributed by atoms with van der Waals surface area (Å²) in [5, 5.41) is 9.66. The lowest BCUT2D eigenvalue weighted by Gasteiger charge is -2.26. The maximum Gasteiger partial charge on any atom is 0.225 e. The zero-order chi connectivity index (χ0) is 22.3. The van der Waals surface area contributed by atoms with E-state index in [1.807, 2.05) is 42.2 Å². The molecule has 2 amide bonds. The average molecular weight is 434 g/mol. The van der Waals surface area contributed by atoms with Crippen LogP contribution in [0.5, 0.6) is 0 Å². The van der Waals surface area contributed by atoms with Gasteiger partial charge in [0, 0.05) is 50.6 Å². The normalized spacial score (nSPS) is 18.3. The molecule has 4 rings (SSSR count). The SMILES string of the molecule is CCNC(=NCc1ccccc1CN1CCCC1=O)NCC1CC(=O)Nc2ccccc21. The molecule has 0 aliphatic carbocycles. The van der Waals surface area contributed by atoms with E-state index in [9.17, 15) is 9.59 Å². The number of amides is 2. The summed E-state index contributed by atoms with van der Waals surface area (Å²) in [5.74, 6) is 1.10. The molecule has 7 nitrogen and oxygen atoms in total. The van der Waals surface area contributed by atoms with Gasteiger partial charge in [0.2, 0.25) is 11.8 Å². The second kappa shape index (κ2) is 10.3. The summed E-state index contributed by atoms with van der Waals surface area (Å²) < 4.78 is 0. The Labute approximate surface area is 189 Å². The van der Waals surface area contributed by atoms with Crippen LogP contribution in [0.15, 0.2) is 53.5 Å². The molecule has 2 aliphatic heterocycles. The Balaban J connectivity index is 1.43. The summed E-state index contributed by atoms with van der Waals surface area (Å²) in [4.78, 5) is 30.9. The molecule has 1 unspecified atom stereocenters. The van der Waals surface area contributed by atoms with Gasteiger partial charge in [0.25, 0.3) is 0 Å². The van der Waals surface area contributed by atoms with Gasteiger partial charge >= 0.3 is 0 Å². The molecular weight excluding hydrogens is 402 g/mol. The van der Waals surface area contributed by atoms with Crippen molar-refractivity contribution in [3.8, 4) is 0 Å². The third kappa shape index (κ3) is 5.28. The maximum atomic E-state index is 12.1. The van der Waals surface area contributed by atoms with E-state index in [1.165, 1.54) is 0 Å². The Kier molecular flexibility index (Phi) is 7.04. The van der Waals surface area contributed by atoms with E-state index in [1.54, 1.807) is 0 Å². The molecule has 0 radical (unpaired) electrons. The highest BCUT2D eigenvalue weighted by Crippen LogP contribution is 2.31. The van der Waals surface area contributed by atoms with Crippen molar-refractivity contribution in [3.63, 3.8) is 0 Å². The van der Waals surface area contributed by atoms with E-state index in [-0.39, 0.29) is 17.7 Å². The largest absolute Gasteiger partial charge is 0.357 e. The van der Waals surface area contributed by atoms with Crippen molar-refractivity contribution >= 4 is 23.5 Å². The van der Waals surface area contributed by atoms with Crippen LogP contribution in [0.3, 0.4) is 0 Å². The molecule has 1 saturated heterocycles. The minimum Gasteiger partial charge on any atom is -0.357 e. The van der Waals surface area contributed by atoms with Gasteiger partial charge in [-0.05, 0) is 36.1 Å². The minimum absolute atomic E-state index is 0.0443. The zero-order valence-corrected chi connectivity index (χ0v) is 18.6. The lowest BCUT2D eigenvalue weighted by Crippen LogP contribution is -2.40. The Morgan fingerprint density at radius 1 is 1.09 bits per heavy atom. The number of para-hydroxylation sites is 1. The molecule has 2 heterocycles. The van der Waals surface area contributed by atoms with Gasteiger partial charge in [-0.1, -0.05) is 42.5 Å². The first kappa shape index (κ1) is 21.9. The Hall–Kier alpha value is -3.35. The highest BCUT2D eigenvalue weighted by molar-refractivity contribution is 5.94. The van der Waals surface area contributed by atoms with E-state index >= 15 is 0 Å². The summed E-state index contributed by atoms with van der Waals surface area (Å²) in [6.07, 6.45) is 2.04. The highest BCUT2D eigenvalue weighted by atomic mass is 16.2. The smallest absolute Gasteiger partial charge is 0.225 e. The minimum atomic E-state index is 0.0443. The van der Waals surface area contributed by atoms with Crippen LogP contribution >= 0.6 is 0 Å². The zero-order valence-electron chi connectivity index (χ0n) is 18.6. The summed E-state index contributed by atoms with van der Waals surface area (Å²) in [7, 11) is 0. The monoisotopic (exact) mass is 433 g/mol. The molecule has 1 fully saturated rings. The number of carbonyl (C=O) groups excluding carboxylic acids is 2. The number of likely N-dealkylation sites (tertiary alicyclic amines) is 1. The maximum absolute atomic E-state index is 12.1. The standard InChI is InChI=1S/C25H31N5O2/c1-2-26-25(28-16-20-14-23(31)29-22-11-6-5-10-21(20)22)27-15-18-8-3-4-9-19(18)17-30-13-7-12-24(30)32/h3-6,8-11,20H,2,7,12-17H2,1H3,(H,29,31)(H2,26,27,28). The van der Waals surface area contributed by atoms with Crippen molar-refractivity contribution in [2.75, 3.05) is 25.0 Å². The third-order valence-corrected chi connectivity index (χ3v) is 6.03. The first-order valence-corrected chi connectivity index (χ1v) is 11.4. The first-order chi connectivity index (χ1) is 15.6. The second-order valence-corrected chi connectivity index (χ2v) is 8.30. The van der Waals surface area contributed by atoms with Crippen LogP contribution in [0.1, 0.15) is 48.8 Å². The second-order valence-electron chi connectivity index (χ2n) is 8.30. The quantitative estimate of drug-likeness (QED) is 0.463. The molecule has 2 aromatic carbocycles. The third-order valence-electron chi connectivity index (χ3n) is 6.03. The van der Waals surface area contributed by atoms with Crippen LogP contribution in [0.25, 0.3) is 0 Å². The van der Waals surface area contributed by atoms with Crippen molar-refractivity contribution in [1.82, 2.24) is 15.5 Å². The van der Waals surface area contributed by atoms with Gasteiger partial charge in [-0.2, -0.15) is 0 Å². The Morgan fingerprint density at radius 2 is 1.88 bits per heavy atom. The number of hydrogen-bond donors (Lipinski definition) is 3. The van der Waals surface area contributed by atoms with Crippen molar-refractivity contribution in [2.24, 2.45) is 4.99 Å². The number of nitrogens with zero attached hydrogens (tertiary/aromatic N) is 2. The van der Waals surface area contributed by atoms with Gasteiger partial charge < -0.3 is 20.9 Å². The van der Waals surface area contributed by atoms with Crippen molar-refractivity contribution in [3.05, 3.63) is 65.2 Å². The summed E-state index contributed by atoms with van der Waals surface area (Å²) in [5.41, 5.74) is 4.30. The number of carbonyl (C=O) groups is 2. The first-order valence-electron chi connectivity index (χ1n) is 11.4. The molecule has 2 aliphatic rings. The molecule has 168 valence electrons. The van der Waals surface area contributed by atoms with Crippen molar-refractivity contribution in [2.45, 2.75) is 45.2 Å². The van der Waals surface area contributed by atoms with Crippen LogP contribution in [-0.2, 0) is 22.7 Å². The predicted octanol–water partition coefficient (Wildman–Crippen LogP) is 2.99. The van der Waals surface area contributed by atoms with Gasteiger partial charge in [-0.15, -0.1) is 0 Å². The molecule has 2 aromatic rings. The van der Waals surface area contributed by atoms with E-state index in [0.717, 1.165) is 47.8 Å². The molecule has 32 heavy (non-hydrogen) atoms. The highest BCUT2D eigenvalue weighted by Gasteiger charge is 2.25. The van der Waals surface area contributed by atoms with Gasteiger partial charge in [-0.3, -0.25) is 9.59 Å². The average Bonchev–Trinajstić information content (AvgIpc) is 3.20. The van der Waals surface area contributed by atoms with Crippen LogP contribution in [0.4, 0.5) is 5.69 Å². The molecule has 1 atom stereocenters. The fourth-order valence-electron chi connectivity index (χ4n) is 4.35. The molecule has 0 aromatic heterocycles. The molecule has 0 spiro atoms. The Morgan fingerprint density at radius 3 is 2.66 bits per heavy atom. The predicted molar refractivity (Wildman–Crippen MR) is 126 cm³/mol. The van der Waals surface area contributed by atoms with Crippen LogP contribution in [0, 0.1) is 0 Å². The van der Waals surface area contributed by atoms with E-state index in [4.69, 9.17) is 4.99 Å². The molecule has 3 N–H and O–H groups in total. The number of nitrogens with one attached hydrogen (secondary N) is 3. The molecule has 0 saturated carbocycles. The van der Waals surface area contributed by atoms with E-state index in [0.29, 0.717) is 32.5 Å². The number of rotatable bonds is 7. The van der Waals surface area contributed by atoms with Gasteiger partial charge in [0.15, 0.2) is 5.96 Å². The lowest BCUT2D eigenvalue weighted by atomic mass is 9.90. The van der Waals surface area contributed by atoms with Crippen LogP contribution in [-0.4, -0.2) is 42.3 Å². The fraction of sp³-hybridized carbons (Fsp3) is 0.400. The fourth-order valence-corrected chi connectivity index (χ4v) is 4.35. The number of fused-ring (bicyclic) bond motifs is 1. The number of aliphatic imine (C=N–C) groups is 1. The van der Waals surface area contributed by atoms with E-state index in [2.05, 4.69) is 34.1 Å². The summed E-state index contributed by atoms with van der Waals surface area (Å²) in [6.45, 7) is 5.40. The lowest BCUT2D eigenvalue weighted by molar-refractivity contribution is -0.128. The van der Waals surface area contributed by atoms with E-state index < -0.39 is 0 Å². The number of hydrogen-bond acceptors (Lipinski definition) is 3. The molecule has 0 bridgehead atoms. The molecule has 7 heteroatoms. The van der Waals surface area contributed by atoms with Gasteiger partial charge in [0.05, 0.1) is 6.54 Å². The number of benzene rings is 2. The summed E-state index contributed by atoms with van der Waals surface area (Å²) in [6, 6.07) is 16.1. The van der Waals surface area contributed by atoms with Gasteiger partial charge in [-0.25, -0.2) is 4.99 Å². The van der Waals surface area contributed by atoms with Crippen molar-refractivity contribution < 1.29 is 9.59 Å². The van der Waals surface area contributed by atoms with Crippen LogP contribution in [0.2, 0.25) is 0 Å². The van der Waals surface area contributed by atoms with Crippen molar-refractivity contribution in [1.29, 1.82) is 0 Å². The molecular formula is C25H31N5O2. The summed E-state index contributed by atoms with van der Waals surface area (Å²) >= 11 is 0. The topological polar surface area (TPSA) is 85.8 Å². The number of anilines is 1. The van der Waals surface area contributed by atoms with Crippen LogP contribution < -0.4 is 16.0 Å².